The Morgan fingerprint density at radius 2 is 1.75 bits per heavy atom. The van der Waals surface area contributed by atoms with Gasteiger partial charge in [0.1, 0.15) is 6.04 Å². The molecule has 3 N–H and O–H groups in total. The van der Waals surface area contributed by atoms with Crippen LogP contribution in [-0.4, -0.2) is 38.4 Å². The van der Waals surface area contributed by atoms with Gasteiger partial charge in [0.15, 0.2) is 0 Å². The normalized spacial score (nSPS) is 12.8. The van der Waals surface area contributed by atoms with E-state index in [-0.39, 0.29) is 16.8 Å². The lowest BCUT2D eigenvalue weighted by Gasteiger charge is -2.24. The molecule has 7 heteroatoms. The molecule has 112 valence electrons. The third-order valence-electron chi connectivity index (χ3n) is 3.01. The topological polar surface area (TPSA) is 92.5 Å². The number of likely N-dealkylation sites (N-methyl/N-ethyl adjacent to an activating group) is 1. The number of hydrogen-bond donors (Lipinski definition) is 2. The highest BCUT2D eigenvalue weighted by Crippen LogP contribution is 2.14. The lowest BCUT2D eigenvalue weighted by atomic mass is 10.2. The summed E-state index contributed by atoms with van der Waals surface area (Å²) in [4.78, 5) is 13.9. The van der Waals surface area contributed by atoms with E-state index in [2.05, 4.69) is 5.32 Å². The number of primary sulfonamides is 1. The Labute approximate surface area is 120 Å². The number of carbonyl (C=O) groups excluding carboxylic acids is 1. The molecule has 0 aliphatic rings. The van der Waals surface area contributed by atoms with Crippen molar-refractivity contribution in [1.29, 1.82) is 0 Å². The SMILES string of the molecule is CCN(CC)C(=O)C(C)Nc1ccc(S(N)(=O)=O)cc1. The first-order valence-corrected chi connectivity index (χ1v) is 8.02. The minimum absolute atomic E-state index is 0.00511. The van der Waals surface area contributed by atoms with Crippen LogP contribution in [0.3, 0.4) is 0 Å². The van der Waals surface area contributed by atoms with Crippen LogP contribution in [0.5, 0.6) is 0 Å². The molecule has 0 spiro atoms. The summed E-state index contributed by atoms with van der Waals surface area (Å²) in [7, 11) is -3.69. The second-order valence-corrected chi connectivity index (χ2v) is 6.01. The lowest BCUT2D eigenvalue weighted by molar-refractivity contribution is -0.131. The van der Waals surface area contributed by atoms with Crippen molar-refractivity contribution in [1.82, 2.24) is 4.90 Å². The molecule has 1 aromatic carbocycles. The number of benzene rings is 1. The van der Waals surface area contributed by atoms with E-state index in [4.69, 9.17) is 5.14 Å². The van der Waals surface area contributed by atoms with E-state index in [9.17, 15) is 13.2 Å². The molecule has 0 aliphatic heterocycles. The number of rotatable bonds is 6. The smallest absolute Gasteiger partial charge is 0.244 e. The first-order chi connectivity index (χ1) is 9.29. The van der Waals surface area contributed by atoms with Gasteiger partial charge >= 0.3 is 0 Å². The lowest BCUT2D eigenvalue weighted by Crippen LogP contribution is -2.41. The Morgan fingerprint density at radius 1 is 1.25 bits per heavy atom. The number of carbonyl (C=O) groups is 1. The van der Waals surface area contributed by atoms with Gasteiger partial charge in [-0.15, -0.1) is 0 Å². The Balaban J connectivity index is 2.76. The molecule has 0 aromatic heterocycles. The van der Waals surface area contributed by atoms with Gasteiger partial charge in [-0.05, 0) is 45.0 Å². The fourth-order valence-electron chi connectivity index (χ4n) is 1.86. The van der Waals surface area contributed by atoms with Crippen LogP contribution in [0, 0.1) is 0 Å². The van der Waals surface area contributed by atoms with E-state index in [1.165, 1.54) is 12.1 Å². The quantitative estimate of drug-likeness (QED) is 0.819. The van der Waals surface area contributed by atoms with Crippen LogP contribution in [0.15, 0.2) is 29.2 Å². The number of nitrogens with zero attached hydrogens (tertiary/aromatic N) is 1. The summed E-state index contributed by atoms with van der Waals surface area (Å²) in [6, 6.07) is 5.62. The first-order valence-electron chi connectivity index (χ1n) is 6.47. The van der Waals surface area contributed by atoms with Gasteiger partial charge in [0.25, 0.3) is 0 Å². The van der Waals surface area contributed by atoms with Gasteiger partial charge in [0, 0.05) is 18.8 Å². The third-order valence-corrected chi connectivity index (χ3v) is 3.94. The molecule has 0 saturated heterocycles. The molecule has 1 unspecified atom stereocenters. The van der Waals surface area contributed by atoms with Crippen molar-refractivity contribution in [3.63, 3.8) is 0 Å². The summed E-state index contributed by atoms with van der Waals surface area (Å²) < 4.78 is 22.3. The van der Waals surface area contributed by atoms with Gasteiger partial charge in [-0.2, -0.15) is 0 Å². The third kappa shape index (κ3) is 4.21. The molecule has 1 rings (SSSR count). The van der Waals surface area contributed by atoms with E-state index in [0.717, 1.165) is 0 Å². The zero-order valence-electron chi connectivity index (χ0n) is 12.0. The number of hydrogen-bond acceptors (Lipinski definition) is 4. The zero-order chi connectivity index (χ0) is 15.3. The molecule has 0 heterocycles. The van der Waals surface area contributed by atoms with E-state index >= 15 is 0 Å². The van der Waals surface area contributed by atoms with Crippen molar-refractivity contribution in [2.75, 3.05) is 18.4 Å². The number of amides is 1. The van der Waals surface area contributed by atoms with Crippen molar-refractivity contribution >= 4 is 21.6 Å². The van der Waals surface area contributed by atoms with Crippen LogP contribution in [0.4, 0.5) is 5.69 Å². The van der Waals surface area contributed by atoms with Crippen molar-refractivity contribution in [3.05, 3.63) is 24.3 Å². The van der Waals surface area contributed by atoms with Crippen LogP contribution in [0.2, 0.25) is 0 Å². The number of anilines is 1. The van der Waals surface area contributed by atoms with Gasteiger partial charge in [0.2, 0.25) is 15.9 Å². The average Bonchev–Trinajstić information content (AvgIpc) is 2.39. The fraction of sp³-hybridized carbons (Fsp3) is 0.462. The van der Waals surface area contributed by atoms with Gasteiger partial charge in [-0.1, -0.05) is 0 Å². The predicted molar refractivity (Wildman–Crippen MR) is 78.8 cm³/mol. The molecule has 1 aromatic rings. The second kappa shape index (κ2) is 6.71. The summed E-state index contributed by atoms with van der Waals surface area (Å²) >= 11 is 0. The largest absolute Gasteiger partial charge is 0.374 e. The molecule has 1 atom stereocenters. The van der Waals surface area contributed by atoms with Gasteiger partial charge < -0.3 is 10.2 Å². The summed E-state index contributed by atoms with van der Waals surface area (Å²) in [5.41, 5.74) is 0.672. The van der Waals surface area contributed by atoms with Crippen molar-refractivity contribution < 1.29 is 13.2 Å². The zero-order valence-corrected chi connectivity index (χ0v) is 12.8. The Morgan fingerprint density at radius 3 is 2.15 bits per heavy atom. The average molecular weight is 299 g/mol. The van der Waals surface area contributed by atoms with Crippen LogP contribution < -0.4 is 10.5 Å². The Hall–Kier alpha value is -1.60. The standard InChI is InChI=1S/C13H21N3O3S/c1-4-16(5-2)13(17)10(3)15-11-6-8-12(9-7-11)20(14,18)19/h6-10,15H,4-5H2,1-3H3,(H2,14,18,19). The Kier molecular flexibility index (Phi) is 5.52. The van der Waals surface area contributed by atoms with E-state index in [1.807, 2.05) is 13.8 Å². The first kappa shape index (κ1) is 16.5. The highest BCUT2D eigenvalue weighted by molar-refractivity contribution is 7.89. The molecular weight excluding hydrogens is 278 g/mol. The van der Waals surface area contributed by atoms with E-state index in [0.29, 0.717) is 18.8 Å². The monoisotopic (exact) mass is 299 g/mol. The minimum Gasteiger partial charge on any atom is -0.374 e. The predicted octanol–water partition coefficient (Wildman–Crippen LogP) is 1.00. The highest BCUT2D eigenvalue weighted by atomic mass is 32.2. The molecule has 0 aliphatic carbocycles. The maximum absolute atomic E-state index is 12.1. The summed E-state index contributed by atoms with van der Waals surface area (Å²) in [5, 5.41) is 8.07. The summed E-state index contributed by atoms with van der Waals surface area (Å²) in [5.74, 6) is 0.00511. The van der Waals surface area contributed by atoms with Crippen LogP contribution >= 0.6 is 0 Å². The number of sulfonamides is 1. The minimum atomic E-state index is -3.69. The molecule has 6 nitrogen and oxygen atoms in total. The summed E-state index contributed by atoms with van der Waals surface area (Å²) in [6.45, 7) is 6.94. The molecule has 0 radical (unpaired) electrons. The molecule has 0 saturated carbocycles. The molecular formula is C13H21N3O3S. The maximum atomic E-state index is 12.1. The summed E-state index contributed by atoms with van der Waals surface area (Å²) in [6.07, 6.45) is 0. The van der Waals surface area contributed by atoms with Crippen molar-refractivity contribution in [2.24, 2.45) is 5.14 Å². The number of nitrogens with two attached hydrogens (primary N) is 1. The molecule has 1 amide bonds. The van der Waals surface area contributed by atoms with Crippen LogP contribution in [0.25, 0.3) is 0 Å². The van der Waals surface area contributed by atoms with Crippen LogP contribution in [-0.2, 0) is 14.8 Å². The van der Waals surface area contributed by atoms with Gasteiger partial charge in [0.05, 0.1) is 4.90 Å². The molecule has 0 bridgehead atoms. The van der Waals surface area contributed by atoms with E-state index < -0.39 is 10.0 Å². The molecule has 20 heavy (non-hydrogen) atoms. The fourth-order valence-corrected chi connectivity index (χ4v) is 2.38. The molecule has 0 fully saturated rings. The Bertz CT molecular complexity index is 551. The van der Waals surface area contributed by atoms with Crippen LogP contribution in [0.1, 0.15) is 20.8 Å². The maximum Gasteiger partial charge on any atom is 0.244 e. The number of nitrogens with one attached hydrogen (secondary N) is 1. The second-order valence-electron chi connectivity index (χ2n) is 4.45. The van der Waals surface area contributed by atoms with Gasteiger partial charge in [-0.25, -0.2) is 13.6 Å². The van der Waals surface area contributed by atoms with E-state index in [1.54, 1.807) is 24.0 Å². The van der Waals surface area contributed by atoms with Crippen molar-refractivity contribution in [3.8, 4) is 0 Å². The van der Waals surface area contributed by atoms with Crippen molar-refractivity contribution in [2.45, 2.75) is 31.7 Å². The highest BCUT2D eigenvalue weighted by Gasteiger charge is 2.17. The van der Waals surface area contributed by atoms with Gasteiger partial charge in [-0.3, -0.25) is 4.79 Å².